The Morgan fingerprint density at radius 3 is 1.18 bits per heavy atom. The molecule has 0 amide bonds. The zero-order chi connectivity index (χ0) is 36.4. The van der Waals surface area contributed by atoms with Crippen molar-refractivity contribution in [2.45, 2.75) is 145 Å². The van der Waals surface area contributed by atoms with E-state index in [-0.39, 0.29) is 6.17 Å². The number of rotatable bonds is 0. The van der Waals surface area contributed by atoms with Gasteiger partial charge in [-0.05, 0) is 62.3 Å². The highest BCUT2D eigenvalue weighted by Crippen LogP contribution is 2.08. The van der Waals surface area contributed by atoms with Gasteiger partial charge in [-0.2, -0.15) is 5.10 Å². The summed E-state index contributed by atoms with van der Waals surface area (Å²) in [7, 11) is 0. The lowest BCUT2D eigenvalue weighted by Gasteiger charge is -1.94. The summed E-state index contributed by atoms with van der Waals surface area (Å²) in [5.41, 5.74) is 5.78. The van der Waals surface area contributed by atoms with Crippen LogP contribution in [0.5, 0.6) is 0 Å². The zero-order valence-corrected chi connectivity index (χ0v) is 33.9. The highest BCUT2D eigenvalue weighted by Gasteiger charge is 2.03. The Labute approximate surface area is 284 Å². The molecule has 0 fully saturated rings. The maximum absolute atomic E-state index is 4.97. The van der Waals surface area contributed by atoms with Crippen molar-refractivity contribution < 1.29 is 4.42 Å². The number of hydrogen-bond donors (Lipinski definition) is 3. The van der Waals surface area contributed by atoms with E-state index in [1.54, 1.807) is 28.9 Å². The van der Waals surface area contributed by atoms with Gasteiger partial charge in [-0.3, -0.25) is 10.1 Å². The van der Waals surface area contributed by atoms with Crippen LogP contribution in [0.2, 0.25) is 0 Å². The first-order valence-electron chi connectivity index (χ1n) is 16.0. The molecule has 12 heteroatoms. The normalized spacial score (nSPS) is 11.1. The minimum Gasteiger partial charge on any atom is -0.446 e. The summed E-state index contributed by atoms with van der Waals surface area (Å²) in [6.45, 7) is 39.5. The van der Waals surface area contributed by atoms with Crippen LogP contribution in [0.1, 0.15) is 126 Å². The molecule has 45 heavy (non-hydrogen) atoms. The molecule has 5 heterocycles. The quantitative estimate of drug-likeness (QED) is 0.169. The molecule has 3 N–H and O–H groups in total. The molecule has 1 unspecified atom stereocenters. The van der Waals surface area contributed by atoms with Crippen molar-refractivity contribution in [3.63, 3.8) is 0 Å². The number of aryl methyl sites for hydroxylation is 8. The van der Waals surface area contributed by atoms with Crippen LogP contribution in [-0.2, 0) is 0 Å². The molecule has 0 radical (unpaired) electrons. The number of hydrazine groups is 1. The van der Waals surface area contributed by atoms with Gasteiger partial charge in [0.25, 0.3) is 0 Å². The number of hydrogen-bond acceptors (Lipinski definition) is 11. The first-order chi connectivity index (χ1) is 21.4. The number of thiazole rings is 2. The molecule has 4 aromatic rings. The number of aromatic amines is 1. The van der Waals surface area contributed by atoms with E-state index in [1.165, 1.54) is 9.75 Å². The standard InChI is InChI=1S/C5H7NO.2C5H7NS.C4H9N3.C4H7N3.5C2H6/c3*1-4-3-6-5(2)7-4;2*1-3-5-4(2)7-6-3;5*1-2/h3*3H,1-2H3;3,6H,1-2H3,(H,5,7);1-2H3,(H,5,6,7);5*1-2H3. The summed E-state index contributed by atoms with van der Waals surface area (Å²) in [4.78, 5) is 22.5. The van der Waals surface area contributed by atoms with Gasteiger partial charge in [0.05, 0.1) is 16.2 Å². The van der Waals surface area contributed by atoms with Gasteiger partial charge in [0.15, 0.2) is 5.89 Å². The second-order valence-corrected chi connectivity index (χ2v) is 10.5. The largest absolute Gasteiger partial charge is 0.446 e. The Morgan fingerprint density at radius 2 is 1.09 bits per heavy atom. The smallest absolute Gasteiger partial charge is 0.191 e. The van der Waals surface area contributed by atoms with E-state index in [0.29, 0.717) is 0 Å². The maximum atomic E-state index is 4.97. The second-order valence-electron chi connectivity index (χ2n) is 7.60. The average molecular weight is 670 g/mol. The van der Waals surface area contributed by atoms with Gasteiger partial charge >= 0.3 is 0 Å². The van der Waals surface area contributed by atoms with E-state index in [4.69, 9.17) is 4.42 Å². The van der Waals surface area contributed by atoms with Crippen molar-refractivity contribution in [1.82, 2.24) is 41.0 Å². The molecule has 5 rings (SSSR count). The molecule has 0 bridgehead atoms. The second kappa shape index (κ2) is 37.2. The summed E-state index contributed by atoms with van der Waals surface area (Å²) in [5.74, 6) is 4.25. The van der Waals surface area contributed by atoms with Crippen molar-refractivity contribution in [3.05, 3.63) is 61.7 Å². The van der Waals surface area contributed by atoms with Crippen LogP contribution >= 0.6 is 22.7 Å². The molecule has 0 saturated heterocycles. The van der Waals surface area contributed by atoms with Crippen molar-refractivity contribution in [2.24, 2.45) is 4.99 Å². The van der Waals surface area contributed by atoms with Crippen LogP contribution in [0.25, 0.3) is 0 Å². The Bertz CT molecular complexity index is 930. The molecule has 1 aliphatic rings. The predicted molar refractivity (Wildman–Crippen MR) is 201 cm³/mol. The molecule has 4 aromatic heterocycles. The lowest BCUT2D eigenvalue weighted by Crippen LogP contribution is -2.32. The third-order valence-electron chi connectivity index (χ3n) is 3.77. The number of aliphatic imine (C=N–C) groups is 1. The third kappa shape index (κ3) is 35.4. The predicted octanol–water partition coefficient (Wildman–Crippen LogP) is 10.2. The van der Waals surface area contributed by atoms with Crippen LogP contribution in [-0.4, -0.2) is 42.1 Å². The van der Waals surface area contributed by atoms with Crippen molar-refractivity contribution in [3.8, 4) is 0 Å². The molecular weight excluding hydrogens is 603 g/mol. The van der Waals surface area contributed by atoms with E-state index in [2.05, 4.69) is 59.8 Å². The maximum Gasteiger partial charge on any atom is 0.191 e. The summed E-state index contributed by atoms with van der Waals surface area (Å²) in [6, 6.07) is 0. The highest BCUT2D eigenvalue weighted by molar-refractivity contribution is 7.11. The fraction of sp³-hybridized carbons (Fsp3) is 0.636. The third-order valence-corrected chi connectivity index (χ3v) is 5.43. The fourth-order valence-corrected chi connectivity index (χ4v) is 3.77. The molecule has 1 atom stereocenters. The number of nitrogens with one attached hydrogen (secondary N) is 3. The van der Waals surface area contributed by atoms with Crippen LogP contribution in [0, 0.1) is 55.4 Å². The van der Waals surface area contributed by atoms with Crippen molar-refractivity contribution in [2.75, 3.05) is 0 Å². The molecule has 0 aromatic carbocycles. The number of H-pyrrole nitrogens is 1. The SMILES string of the molecule is CC.CC.CC.CC.CC.CC1=NC(C)NN1.Cc1cnc(C)o1.Cc1cnc(C)s1.Cc1cnc(C)s1.Cc1n[nH]c(C)n1. The molecule has 10 nitrogen and oxygen atoms in total. The van der Waals surface area contributed by atoms with Gasteiger partial charge in [0.1, 0.15) is 29.4 Å². The molecule has 0 spiro atoms. The van der Waals surface area contributed by atoms with Crippen molar-refractivity contribution >= 4 is 28.5 Å². The Balaban J connectivity index is -0.000000138. The van der Waals surface area contributed by atoms with Gasteiger partial charge in [-0.25, -0.2) is 25.4 Å². The van der Waals surface area contributed by atoms with Crippen LogP contribution in [0.15, 0.2) is 28.0 Å². The zero-order valence-electron chi connectivity index (χ0n) is 32.2. The van der Waals surface area contributed by atoms with Gasteiger partial charge in [-0.1, -0.05) is 69.2 Å². The fourth-order valence-electron chi connectivity index (χ4n) is 2.42. The van der Waals surface area contributed by atoms with E-state index in [0.717, 1.165) is 39.2 Å². The molecule has 0 saturated carbocycles. The Kier molecular flexibility index (Phi) is 42.7. The molecule has 262 valence electrons. The van der Waals surface area contributed by atoms with Crippen LogP contribution < -0.4 is 10.9 Å². The van der Waals surface area contributed by atoms with Crippen LogP contribution in [0.4, 0.5) is 0 Å². The monoisotopic (exact) mass is 669 g/mol. The number of nitrogens with zero attached hydrogens (tertiary/aromatic N) is 6. The van der Waals surface area contributed by atoms with E-state index in [1.807, 2.05) is 137 Å². The van der Waals surface area contributed by atoms with E-state index in [9.17, 15) is 0 Å². The van der Waals surface area contributed by atoms with Gasteiger partial charge in [0, 0.05) is 29.1 Å². The van der Waals surface area contributed by atoms with Gasteiger partial charge in [0.2, 0.25) is 0 Å². The highest BCUT2D eigenvalue weighted by atomic mass is 32.1. The van der Waals surface area contributed by atoms with Gasteiger partial charge < -0.3 is 9.84 Å². The van der Waals surface area contributed by atoms with Crippen LogP contribution in [0.3, 0.4) is 0 Å². The summed E-state index contributed by atoms with van der Waals surface area (Å²) in [6.07, 6.45) is 5.73. The first kappa shape index (κ1) is 51.6. The van der Waals surface area contributed by atoms with E-state index >= 15 is 0 Å². The number of amidine groups is 1. The lowest BCUT2D eigenvalue weighted by molar-refractivity contribution is 0.494. The van der Waals surface area contributed by atoms with Gasteiger partial charge in [-0.15, -0.1) is 22.7 Å². The number of oxazole rings is 1. The minimum atomic E-state index is 0.250. The minimum absolute atomic E-state index is 0.250. The summed E-state index contributed by atoms with van der Waals surface area (Å²) >= 11 is 3.46. The molecule has 1 aliphatic heterocycles. The Morgan fingerprint density at radius 1 is 0.644 bits per heavy atom. The molecule has 0 aliphatic carbocycles. The average Bonchev–Trinajstić information content (AvgIpc) is 3.89. The summed E-state index contributed by atoms with van der Waals surface area (Å²) < 4.78 is 4.97. The van der Waals surface area contributed by atoms with E-state index < -0.39 is 0 Å². The topological polar surface area (TPSA) is 130 Å². The first-order valence-corrected chi connectivity index (χ1v) is 17.7. The number of aromatic nitrogens is 6. The Hall–Kier alpha value is -2.96. The van der Waals surface area contributed by atoms with Crippen molar-refractivity contribution in [1.29, 1.82) is 0 Å². The summed E-state index contributed by atoms with van der Waals surface area (Å²) in [5, 5.41) is 8.79. The lowest BCUT2D eigenvalue weighted by atomic mass is 10.6. The molecular formula is C33H67N9OS2.